The molecule has 0 radical (unpaired) electrons. The maximum Gasteiger partial charge on any atom is 0.256 e. The smallest absolute Gasteiger partial charge is 0.256 e. The van der Waals surface area contributed by atoms with E-state index in [4.69, 9.17) is 0 Å². The predicted molar refractivity (Wildman–Crippen MR) is 145 cm³/mol. The third-order valence-electron chi connectivity index (χ3n) is 7.96. The van der Waals surface area contributed by atoms with Gasteiger partial charge < -0.3 is 15.2 Å². The third kappa shape index (κ3) is 5.25. The highest BCUT2D eigenvalue weighted by atomic mass is 32.2. The molecule has 0 bridgehead atoms. The molecule has 1 fully saturated rings. The number of rotatable bonds is 7. The number of anilines is 1. The third-order valence-corrected chi connectivity index (χ3v) is 9.70. The van der Waals surface area contributed by atoms with Crippen LogP contribution >= 0.6 is 0 Å². The van der Waals surface area contributed by atoms with Gasteiger partial charge in [-0.05, 0) is 80.5 Å². The summed E-state index contributed by atoms with van der Waals surface area (Å²) in [7, 11) is -3.38. The summed E-state index contributed by atoms with van der Waals surface area (Å²) in [5.74, 6) is -0.0418. The highest BCUT2D eigenvalue weighted by Crippen LogP contribution is 2.37. The van der Waals surface area contributed by atoms with Crippen molar-refractivity contribution in [2.75, 3.05) is 43.8 Å². The van der Waals surface area contributed by atoms with Gasteiger partial charge in [0.2, 0.25) is 5.91 Å². The molecule has 1 aliphatic carbocycles. The molecule has 0 saturated carbocycles. The Hall–Kier alpha value is -2.91. The number of benzene rings is 1. The summed E-state index contributed by atoms with van der Waals surface area (Å²) in [6.45, 7) is 7.62. The van der Waals surface area contributed by atoms with Gasteiger partial charge in [-0.3, -0.25) is 14.5 Å². The molecule has 37 heavy (non-hydrogen) atoms. The summed E-state index contributed by atoms with van der Waals surface area (Å²) in [6.07, 6.45) is 8.22. The number of nitrogens with zero attached hydrogens (tertiary/aromatic N) is 2. The fourth-order valence-corrected chi connectivity index (χ4v) is 6.67. The second-order valence-corrected chi connectivity index (χ2v) is 12.5. The fourth-order valence-electron chi connectivity index (χ4n) is 5.77. The molecule has 1 aromatic carbocycles. The Morgan fingerprint density at radius 3 is 2.59 bits per heavy atom. The topological polar surface area (TPSA) is 103 Å². The number of sulfone groups is 1. The Morgan fingerprint density at radius 1 is 1.11 bits per heavy atom. The van der Waals surface area contributed by atoms with Crippen molar-refractivity contribution in [3.8, 4) is 0 Å². The monoisotopic (exact) mass is 524 g/mol. The number of aryl methyl sites for hydroxylation is 1. The van der Waals surface area contributed by atoms with Crippen LogP contribution in [-0.4, -0.2) is 73.5 Å². The van der Waals surface area contributed by atoms with Crippen molar-refractivity contribution >= 4 is 39.0 Å². The van der Waals surface area contributed by atoms with Gasteiger partial charge in [0.1, 0.15) is 0 Å². The Kier molecular flexibility index (Phi) is 7.27. The number of nitrogens with one attached hydrogen (secondary N) is 2. The van der Waals surface area contributed by atoms with Crippen LogP contribution in [0.5, 0.6) is 0 Å². The summed E-state index contributed by atoms with van der Waals surface area (Å²) in [4.78, 5) is 32.7. The van der Waals surface area contributed by atoms with E-state index in [-0.39, 0.29) is 22.5 Å². The number of fused-ring (bicyclic) bond motifs is 2. The van der Waals surface area contributed by atoms with Gasteiger partial charge in [-0.25, -0.2) is 8.42 Å². The molecule has 2 aliphatic heterocycles. The number of aromatic nitrogens is 1. The van der Waals surface area contributed by atoms with Crippen molar-refractivity contribution in [3.63, 3.8) is 0 Å². The van der Waals surface area contributed by atoms with E-state index in [2.05, 4.69) is 15.2 Å². The van der Waals surface area contributed by atoms with E-state index < -0.39 is 9.84 Å². The largest absolute Gasteiger partial charge is 0.358 e. The summed E-state index contributed by atoms with van der Waals surface area (Å²) >= 11 is 0. The second kappa shape index (κ2) is 10.5. The van der Waals surface area contributed by atoms with Crippen molar-refractivity contribution in [3.05, 3.63) is 46.3 Å². The maximum absolute atomic E-state index is 12.9. The van der Waals surface area contributed by atoms with E-state index in [1.54, 1.807) is 32.0 Å². The van der Waals surface area contributed by atoms with Crippen LogP contribution in [0.1, 0.15) is 61.2 Å². The first-order valence-electron chi connectivity index (χ1n) is 13.4. The van der Waals surface area contributed by atoms with Gasteiger partial charge in [0, 0.05) is 55.7 Å². The zero-order valence-electron chi connectivity index (χ0n) is 21.7. The van der Waals surface area contributed by atoms with Crippen molar-refractivity contribution in [2.45, 2.75) is 57.3 Å². The molecule has 0 spiro atoms. The Morgan fingerprint density at radius 2 is 1.86 bits per heavy atom. The van der Waals surface area contributed by atoms with E-state index in [1.807, 2.05) is 11.0 Å². The van der Waals surface area contributed by atoms with Gasteiger partial charge >= 0.3 is 0 Å². The SMILES string of the molecule is CCS(=O)(=O)c1ccc2c(c1)/C(=C\c1[nH]c3c(c1CCCN1CCN(C(C)=O)CC1)CCCC3)C(=O)N2. The van der Waals surface area contributed by atoms with Crippen LogP contribution in [0.25, 0.3) is 11.6 Å². The molecule has 5 rings (SSSR count). The molecule has 198 valence electrons. The molecule has 8 nitrogen and oxygen atoms in total. The Bertz CT molecular complexity index is 1350. The second-order valence-electron chi connectivity index (χ2n) is 10.3. The molecular formula is C28H36N4O4S. The molecule has 0 unspecified atom stereocenters. The number of hydrogen-bond acceptors (Lipinski definition) is 5. The Labute approximate surface area is 219 Å². The van der Waals surface area contributed by atoms with Crippen LogP contribution in [0.2, 0.25) is 0 Å². The molecule has 9 heteroatoms. The van der Waals surface area contributed by atoms with Crippen LogP contribution in [-0.2, 0) is 38.7 Å². The minimum absolute atomic E-state index is 0.0174. The summed E-state index contributed by atoms with van der Waals surface area (Å²) in [5.41, 5.74) is 6.70. The lowest BCUT2D eigenvalue weighted by Crippen LogP contribution is -2.48. The molecular weight excluding hydrogens is 488 g/mol. The standard InChI is InChI=1S/C28H36N4O4S/c1-3-37(35,36)20-10-11-26-23(17-20)24(28(34)30-26)18-27-22(21-7-4-5-9-25(21)29-27)8-6-12-31-13-15-32(16-14-31)19(2)33/h10-11,17-18,29H,3-9,12-16H2,1-2H3,(H,30,34)/b24-18+. The van der Waals surface area contributed by atoms with Crippen LogP contribution in [0, 0.1) is 0 Å². The highest BCUT2D eigenvalue weighted by Gasteiger charge is 2.28. The van der Waals surface area contributed by atoms with Crippen molar-refractivity contribution in [1.82, 2.24) is 14.8 Å². The lowest BCUT2D eigenvalue weighted by Gasteiger charge is -2.34. The zero-order valence-corrected chi connectivity index (χ0v) is 22.5. The normalized spacial score (nSPS) is 19.1. The van der Waals surface area contributed by atoms with E-state index in [1.165, 1.54) is 23.2 Å². The molecule has 3 aliphatic rings. The predicted octanol–water partition coefficient (Wildman–Crippen LogP) is 3.28. The van der Waals surface area contributed by atoms with Gasteiger partial charge in [0.05, 0.1) is 16.2 Å². The number of amides is 2. The number of aromatic amines is 1. The average molecular weight is 525 g/mol. The zero-order chi connectivity index (χ0) is 26.2. The van der Waals surface area contributed by atoms with Crippen molar-refractivity contribution in [2.24, 2.45) is 0 Å². The number of piperazine rings is 1. The van der Waals surface area contributed by atoms with Crippen LogP contribution < -0.4 is 5.32 Å². The number of carbonyl (C=O) groups is 2. The molecule has 1 saturated heterocycles. The molecule has 3 heterocycles. The number of H-pyrrole nitrogens is 1. The van der Waals surface area contributed by atoms with Gasteiger partial charge in [-0.1, -0.05) is 6.92 Å². The van der Waals surface area contributed by atoms with Crippen molar-refractivity contribution < 1.29 is 18.0 Å². The first-order valence-corrected chi connectivity index (χ1v) is 15.0. The first kappa shape index (κ1) is 25.7. The van der Waals surface area contributed by atoms with Gasteiger partial charge in [-0.2, -0.15) is 0 Å². The molecule has 2 amide bonds. The summed E-state index contributed by atoms with van der Waals surface area (Å²) in [6, 6.07) is 4.88. The van der Waals surface area contributed by atoms with Gasteiger partial charge in [-0.15, -0.1) is 0 Å². The lowest BCUT2D eigenvalue weighted by molar-refractivity contribution is -0.130. The number of carbonyl (C=O) groups excluding carboxylic acids is 2. The van der Waals surface area contributed by atoms with Gasteiger partial charge in [0.15, 0.2) is 9.84 Å². The highest BCUT2D eigenvalue weighted by molar-refractivity contribution is 7.91. The Balaban J connectivity index is 1.39. The minimum atomic E-state index is -3.38. The lowest BCUT2D eigenvalue weighted by atomic mass is 9.92. The molecule has 1 aromatic heterocycles. The van der Waals surface area contributed by atoms with Crippen molar-refractivity contribution in [1.29, 1.82) is 0 Å². The van der Waals surface area contributed by atoms with E-state index in [0.717, 1.165) is 70.5 Å². The minimum Gasteiger partial charge on any atom is -0.358 e. The van der Waals surface area contributed by atoms with E-state index in [9.17, 15) is 18.0 Å². The summed E-state index contributed by atoms with van der Waals surface area (Å²) < 4.78 is 25.0. The summed E-state index contributed by atoms with van der Waals surface area (Å²) in [5, 5.41) is 2.89. The molecule has 2 N–H and O–H groups in total. The van der Waals surface area contributed by atoms with Gasteiger partial charge in [0.25, 0.3) is 5.91 Å². The molecule has 2 aromatic rings. The number of hydrogen-bond donors (Lipinski definition) is 2. The molecule has 0 atom stereocenters. The average Bonchev–Trinajstić information content (AvgIpc) is 3.40. The van der Waals surface area contributed by atoms with E-state index in [0.29, 0.717) is 16.8 Å². The maximum atomic E-state index is 12.9. The quantitative estimate of drug-likeness (QED) is 0.541. The van der Waals surface area contributed by atoms with Crippen LogP contribution in [0.4, 0.5) is 5.69 Å². The van der Waals surface area contributed by atoms with E-state index >= 15 is 0 Å². The fraction of sp³-hybridized carbons (Fsp3) is 0.500. The first-order chi connectivity index (χ1) is 17.8. The van der Waals surface area contributed by atoms with Crippen LogP contribution in [0.3, 0.4) is 0 Å². The van der Waals surface area contributed by atoms with Crippen LogP contribution in [0.15, 0.2) is 23.1 Å².